The number of nitrogens with zero attached hydrogens (tertiary/aromatic N) is 1. The van der Waals surface area contributed by atoms with E-state index >= 15 is 0 Å². The number of fused-ring (bicyclic) bond motifs is 6. The summed E-state index contributed by atoms with van der Waals surface area (Å²) in [4.78, 5) is 14.3. The molecule has 3 aliphatic carbocycles. The van der Waals surface area contributed by atoms with E-state index in [9.17, 15) is 4.79 Å². The lowest BCUT2D eigenvalue weighted by molar-refractivity contribution is -0.148. The van der Waals surface area contributed by atoms with Crippen molar-refractivity contribution in [3.63, 3.8) is 0 Å². The second-order valence-corrected chi connectivity index (χ2v) is 10.5. The van der Waals surface area contributed by atoms with Crippen molar-refractivity contribution in [2.24, 2.45) is 34.5 Å². The normalized spacial score (nSPS) is 53.3. The second kappa shape index (κ2) is 5.37. The smallest absolute Gasteiger partial charge is 0.226 e. The van der Waals surface area contributed by atoms with Crippen LogP contribution in [0.3, 0.4) is 0 Å². The van der Waals surface area contributed by atoms with Crippen LogP contribution in [0, 0.1) is 34.5 Å². The molecule has 3 nitrogen and oxygen atoms in total. The number of amides is 1. The third-order valence-electron chi connectivity index (χ3n) is 9.75. The fourth-order valence-corrected chi connectivity index (χ4v) is 8.33. The first-order valence-electron chi connectivity index (χ1n) is 11.0. The average Bonchev–Trinajstić information content (AvgIpc) is 3.21. The fourth-order valence-electron chi connectivity index (χ4n) is 8.33. The summed E-state index contributed by atoms with van der Waals surface area (Å²) < 4.78 is 6.48. The van der Waals surface area contributed by atoms with Crippen LogP contribution in [-0.4, -0.2) is 30.1 Å². The minimum Gasteiger partial charge on any atom is -0.374 e. The molecule has 5 rings (SSSR count). The van der Waals surface area contributed by atoms with Crippen molar-refractivity contribution in [2.75, 3.05) is 13.7 Å². The quantitative estimate of drug-likeness (QED) is 0.625. The topological polar surface area (TPSA) is 29.5 Å². The van der Waals surface area contributed by atoms with Gasteiger partial charge >= 0.3 is 0 Å². The monoisotopic (exact) mass is 357 g/mol. The second-order valence-electron chi connectivity index (χ2n) is 10.5. The standard InChI is InChI=1S/C23H35NO2/c1-15-14-18-21(2,10-8-19(25)24(18)4)16-6-11-22(3)17(20(15)16)7-12-23(22)9-5-13-26-23/h14-17,20H,5-13H2,1-4H3/t15-,16+,17+,20-,21-,22+,23+/m1/s1. The molecule has 2 heterocycles. The SMILES string of the molecule is C[C@@H]1C=C2N(C)C(=O)CC[C@]2(C)[C@H]2CC[C@@]3(C)[C@@H](CC[C@@]34CCCO4)[C@H]12. The van der Waals surface area contributed by atoms with E-state index in [2.05, 4.69) is 26.8 Å². The van der Waals surface area contributed by atoms with Gasteiger partial charge in [0.25, 0.3) is 0 Å². The lowest BCUT2D eigenvalue weighted by Crippen LogP contribution is -2.57. The van der Waals surface area contributed by atoms with Gasteiger partial charge in [0, 0.05) is 31.2 Å². The molecule has 5 aliphatic rings. The molecular weight excluding hydrogens is 322 g/mol. The van der Waals surface area contributed by atoms with Crippen LogP contribution in [0.2, 0.25) is 0 Å². The molecule has 3 heteroatoms. The molecule has 0 aromatic heterocycles. The van der Waals surface area contributed by atoms with Crippen molar-refractivity contribution >= 4 is 5.91 Å². The van der Waals surface area contributed by atoms with Gasteiger partial charge in [0.1, 0.15) is 0 Å². The number of piperidine rings is 1. The Morgan fingerprint density at radius 3 is 2.62 bits per heavy atom. The van der Waals surface area contributed by atoms with Gasteiger partial charge in [-0.3, -0.25) is 4.79 Å². The first-order chi connectivity index (χ1) is 12.3. The Morgan fingerprint density at radius 2 is 1.88 bits per heavy atom. The Labute approximate surface area is 158 Å². The third kappa shape index (κ3) is 1.91. The number of carbonyl (C=O) groups excluding carboxylic acids is 1. The van der Waals surface area contributed by atoms with Crippen molar-refractivity contribution in [3.05, 3.63) is 11.8 Å². The molecule has 2 saturated heterocycles. The summed E-state index contributed by atoms with van der Waals surface area (Å²) in [6.07, 6.45) is 12.0. The van der Waals surface area contributed by atoms with E-state index in [1.165, 1.54) is 44.2 Å². The zero-order chi connectivity index (χ0) is 18.3. The van der Waals surface area contributed by atoms with Gasteiger partial charge in [-0.2, -0.15) is 0 Å². The Balaban J connectivity index is 1.55. The summed E-state index contributed by atoms with van der Waals surface area (Å²) in [5.74, 6) is 3.14. The predicted molar refractivity (Wildman–Crippen MR) is 102 cm³/mol. The fraction of sp³-hybridized carbons (Fsp3) is 0.870. The molecule has 1 spiro atoms. The minimum atomic E-state index is 0.173. The highest BCUT2D eigenvalue weighted by Crippen LogP contribution is 2.69. The minimum absolute atomic E-state index is 0.173. The first kappa shape index (κ1) is 17.3. The Hall–Kier alpha value is -0.830. The Kier molecular flexibility index (Phi) is 3.57. The van der Waals surface area contributed by atoms with E-state index in [-0.39, 0.29) is 11.0 Å². The number of rotatable bonds is 0. The van der Waals surface area contributed by atoms with Crippen LogP contribution in [0.5, 0.6) is 0 Å². The van der Waals surface area contributed by atoms with Crippen LogP contribution < -0.4 is 0 Å². The van der Waals surface area contributed by atoms with E-state index in [4.69, 9.17) is 4.74 Å². The van der Waals surface area contributed by atoms with Crippen LogP contribution in [0.1, 0.15) is 72.1 Å². The van der Waals surface area contributed by atoms with Gasteiger partial charge in [0.2, 0.25) is 5.91 Å². The zero-order valence-corrected chi connectivity index (χ0v) is 17.0. The lowest BCUT2D eigenvalue weighted by atomic mass is 9.46. The molecular formula is C23H35NO2. The average molecular weight is 358 g/mol. The Bertz CT molecular complexity index is 663. The van der Waals surface area contributed by atoms with E-state index in [1.54, 1.807) is 0 Å². The van der Waals surface area contributed by atoms with Gasteiger partial charge in [0.05, 0.1) is 5.60 Å². The zero-order valence-electron chi connectivity index (χ0n) is 17.0. The third-order valence-corrected chi connectivity index (χ3v) is 9.75. The number of ether oxygens (including phenoxy) is 1. The van der Waals surface area contributed by atoms with E-state index in [0.717, 1.165) is 37.2 Å². The van der Waals surface area contributed by atoms with Gasteiger partial charge in [-0.05, 0) is 74.0 Å². The summed E-state index contributed by atoms with van der Waals surface area (Å²) in [6.45, 7) is 8.42. The number of allylic oxidation sites excluding steroid dienone is 2. The largest absolute Gasteiger partial charge is 0.374 e. The van der Waals surface area contributed by atoms with Gasteiger partial charge in [-0.25, -0.2) is 0 Å². The summed E-state index contributed by atoms with van der Waals surface area (Å²) in [5.41, 5.74) is 2.05. The maximum absolute atomic E-state index is 12.3. The van der Waals surface area contributed by atoms with Crippen LogP contribution in [0.15, 0.2) is 11.8 Å². The van der Waals surface area contributed by atoms with Gasteiger partial charge in [-0.1, -0.05) is 26.8 Å². The lowest BCUT2D eigenvalue weighted by Gasteiger charge is -2.61. The van der Waals surface area contributed by atoms with Crippen molar-refractivity contribution < 1.29 is 9.53 Å². The molecule has 26 heavy (non-hydrogen) atoms. The van der Waals surface area contributed by atoms with Crippen LogP contribution in [-0.2, 0) is 9.53 Å². The molecule has 0 radical (unpaired) electrons. The first-order valence-corrected chi connectivity index (χ1v) is 11.0. The summed E-state index contributed by atoms with van der Waals surface area (Å²) in [6, 6.07) is 0. The van der Waals surface area contributed by atoms with Gasteiger partial charge in [0.15, 0.2) is 0 Å². The van der Waals surface area contributed by atoms with Gasteiger partial charge < -0.3 is 9.64 Å². The van der Waals surface area contributed by atoms with E-state index < -0.39 is 0 Å². The van der Waals surface area contributed by atoms with Crippen LogP contribution in [0.4, 0.5) is 0 Å². The van der Waals surface area contributed by atoms with Crippen LogP contribution in [0.25, 0.3) is 0 Å². The number of hydrogen-bond acceptors (Lipinski definition) is 2. The van der Waals surface area contributed by atoms with Crippen molar-refractivity contribution in [1.29, 1.82) is 0 Å². The predicted octanol–water partition coefficient (Wildman–Crippen LogP) is 4.77. The highest BCUT2D eigenvalue weighted by atomic mass is 16.5. The maximum Gasteiger partial charge on any atom is 0.226 e. The summed E-state index contributed by atoms with van der Waals surface area (Å²) >= 11 is 0. The molecule has 0 aromatic carbocycles. The van der Waals surface area contributed by atoms with Gasteiger partial charge in [-0.15, -0.1) is 0 Å². The van der Waals surface area contributed by atoms with Crippen molar-refractivity contribution in [2.45, 2.75) is 77.7 Å². The number of hydrogen-bond donors (Lipinski definition) is 0. The van der Waals surface area contributed by atoms with E-state index in [0.29, 0.717) is 17.2 Å². The molecule has 2 saturated carbocycles. The number of carbonyl (C=O) groups is 1. The highest BCUT2D eigenvalue weighted by molar-refractivity contribution is 5.79. The highest BCUT2D eigenvalue weighted by Gasteiger charge is 2.66. The van der Waals surface area contributed by atoms with Crippen molar-refractivity contribution in [1.82, 2.24) is 4.90 Å². The maximum atomic E-state index is 12.3. The summed E-state index contributed by atoms with van der Waals surface area (Å²) in [7, 11) is 2.00. The molecule has 0 unspecified atom stereocenters. The molecule has 7 atom stereocenters. The molecule has 1 amide bonds. The molecule has 0 aromatic rings. The molecule has 4 fully saturated rings. The molecule has 2 aliphatic heterocycles. The van der Waals surface area contributed by atoms with Crippen LogP contribution >= 0.6 is 0 Å². The Morgan fingerprint density at radius 1 is 1.12 bits per heavy atom. The van der Waals surface area contributed by atoms with E-state index in [1.807, 2.05) is 11.9 Å². The molecule has 0 N–H and O–H groups in total. The molecule has 144 valence electrons. The number of likely N-dealkylation sites (tertiary alicyclic amines) is 1. The summed E-state index contributed by atoms with van der Waals surface area (Å²) in [5, 5.41) is 0. The van der Waals surface area contributed by atoms with Crippen molar-refractivity contribution in [3.8, 4) is 0 Å². The molecule has 0 bridgehead atoms.